The Labute approximate surface area is 102 Å². The maximum atomic E-state index is 13.0. The van der Waals surface area contributed by atoms with E-state index in [1.807, 2.05) is 17.8 Å². The Kier molecular flexibility index (Phi) is 6.50. The summed E-state index contributed by atoms with van der Waals surface area (Å²) in [7, 11) is 0. The first-order valence-electron chi connectivity index (χ1n) is 5.72. The van der Waals surface area contributed by atoms with Gasteiger partial charge in [0.15, 0.2) is 0 Å². The summed E-state index contributed by atoms with van der Waals surface area (Å²) in [5, 5.41) is 3.41. The lowest BCUT2D eigenvalue weighted by molar-refractivity contribution is 0.549. The normalized spacial score (nSPS) is 12.7. The molecule has 0 aliphatic carbocycles. The molecular formula is C13H20FNS. The average Bonchev–Trinajstić information content (AvgIpc) is 2.28. The molecule has 0 amide bonds. The van der Waals surface area contributed by atoms with Gasteiger partial charge in [0.1, 0.15) is 5.82 Å². The van der Waals surface area contributed by atoms with Crippen molar-refractivity contribution < 1.29 is 4.39 Å². The van der Waals surface area contributed by atoms with Crippen LogP contribution >= 0.6 is 11.8 Å². The predicted molar refractivity (Wildman–Crippen MR) is 70.4 cm³/mol. The van der Waals surface area contributed by atoms with Gasteiger partial charge in [-0.05, 0) is 56.0 Å². The maximum absolute atomic E-state index is 13.0. The van der Waals surface area contributed by atoms with E-state index in [0.717, 1.165) is 12.1 Å². The fourth-order valence-electron chi connectivity index (χ4n) is 1.58. The third kappa shape index (κ3) is 4.99. The highest BCUT2D eigenvalue weighted by atomic mass is 32.2. The summed E-state index contributed by atoms with van der Waals surface area (Å²) in [4.78, 5) is 0. The van der Waals surface area contributed by atoms with E-state index in [1.54, 1.807) is 12.1 Å². The Bertz CT molecular complexity index is 304. The molecule has 1 aromatic carbocycles. The summed E-state index contributed by atoms with van der Waals surface area (Å²) in [5.74, 6) is 1.06. The highest BCUT2D eigenvalue weighted by Gasteiger charge is 2.04. The van der Waals surface area contributed by atoms with Gasteiger partial charge >= 0.3 is 0 Å². The van der Waals surface area contributed by atoms with E-state index in [4.69, 9.17) is 0 Å². The zero-order valence-electron chi connectivity index (χ0n) is 10.0. The van der Waals surface area contributed by atoms with E-state index >= 15 is 0 Å². The third-order valence-corrected chi connectivity index (χ3v) is 3.27. The molecule has 0 saturated carbocycles. The molecule has 1 rings (SSSR count). The van der Waals surface area contributed by atoms with Gasteiger partial charge in [-0.3, -0.25) is 0 Å². The van der Waals surface area contributed by atoms with E-state index in [1.165, 1.54) is 24.7 Å². The first kappa shape index (κ1) is 13.5. The highest BCUT2D eigenvalue weighted by molar-refractivity contribution is 7.98. The molecule has 1 unspecified atom stereocenters. The van der Waals surface area contributed by atoms with Gasteiger partial charge in [-0.25, -0.2) is 4.39 Å². The van der Waals surface area contributed by atoms with E-state index < -0.39 is 0 Å². The van der Waals surface area contributed by atoms with E-state index in [-0.39, 0.29) is 11.9 Å². The third-order valence-electron chi connectivity index (χ3n) is 2.57. The monoisotopic (exact) mass is 241 g/mol. The standard InChI is InChI=1S/C13H20FNS/c1-11(15-8-3-4-9-16-2)12-6-5-7-13(14)10-12/h5-7,10-11,15H,3-4,8-9H2,1-2H3. The van der Waals surface area contributed by atoms with Crippen LogP contribution in [-0.2, 0) is 0 Å². The van der Waals surface area contributed by atoms with Crippen LogP contribution in [0.15, 0.2) is 24.3 Å². The van der Waals surface area contributed by atoms with Gasteiger partial charge in [0.05, 0.1) is 0 Å². The van der Waals surface area contributed by atoms with E-state index in [9.17, 15) is 4.39 Å². The van der Waals surface area contributed by atoms with Gasteiger partial charge in [0, 0.05) is 6.04 Å². The van der Waals surface area contributed by atoms with Crippen LogP contribution in [0.4, 0.5) is 4.39 Å². The second-order valence-electron chi connectivity index (χ2n) is 3.93. The molecule has 0 bridgehead atoms. The summed E-state index contributed by atoms with van der Waals surface area (Å²) in [6.07, 6.45) is 4.55. The summed E-state index contributed by atoms with van der Waals surface area (Å²) in [6, 6.07) is 7.03. The van der Waals surface area contributed by atoms with Crippen molar-refractivity contribution in [3.8, 4) is 0 Å². The predicted octanol–water partition coefficient (Wildman–Crippen LogP) is 3.62. The minimum absolute atomic E-state index is 0.159. The molecule has 1 atom stereocenters. The molecule has 1 N–H and O–H groups in total. The first-order valence-corrected chi connectivity index (χ1v) is 7.11. The molecule has 0 heterocycles. The number of thioether (sulfide) groups is 1. The number of nitrogens with one attached hydrogen (secondary N) is 1. The molecule has 0 fully saturated rings. The van der Waals surface area contributed by atoms with Crippen molar-refractivity contribution in [2.45, 2.75) is 25.8 Å². The second kappa shape index (κ2) is 7.69. The van der Waals surface area contributed by atoms with Crippen LogP contribution in [0, 0.1) is 5.82 Å². The first-order chi connectivity index (χ1) is 7.74. The SMILES string of the molecule is CSCCCCNC(C)c1cccc(F)c1. The zero-order valence-corrected chi connectivity index (χ0v) is 10.8. The van der Waals surface area contributed by atoms with Gasteiger partial charge < -0.3 is 5.32 Å². The average molecular weight is 241 g/mol. The molecule has 0 saturated heterocycles. The van der Waals surface area contributed by atoms with E-state index in [0.29, 0.717) is 0 Å². The number of rotatable bonds is 7. The smallest absolute Gasteiger partial charge is 0.123 e. The van der Waals surface area contributed by atoms with Crippen LogP contribution in [0.25, 0.3) is 0 Å². The number of unbranched alkanes of at least 4 members (excludes halogenated alkanes) is 1. The molecule has 0 aromatic heterocycles. The van der Waals surface area contributed by atoms with Crippen molar-refractivity contribution in [2.75, 3.05) is 18.6 Å². The van der Waals surface area contributed by atoms with Crippen LogP contribution in [0.1, 0.15) is 31.4 Å². The molecular weight excluding hydrogens is 221 g/mol. The van der Waals surface area contributed by atoms with Crippen molar-refractivity contribution in [3.05, 3.63) is 35.6 Å². The topological polar surface area (TPSA) is 12.0 Å². The van der Waals surface area contributed by atoms with Gasteiger partial charge in [0.25, 0.3) is 0 Å². The summed E-state index contributed by atoms with van der Waals surface area (Å²) in [5.41, 5.74) is 1.02. The lowest BCUT2D eigenvalue weighted by atomic mass is 10.1. The molecule has 1 nitrogen and oxygen atoms in total. The molecule has 0 radical (unpaired) electrons. The van der Waals surface area contributed by atoms with Crippen LogP contribution in [0.2, 0.25) is 0 Å². The van der Waals surface area contributed by atoms with Gasteiger partial charge in [-0.2, -0.15) is 11.8 Å². The quantitative estimate of drug-likeness (QED) is 0.732. The fourth-order valence-corrected chi connectivity index (χ4v) is 2.08. The van der Waals surface area contributed by atoms with Crippen LogP contribution in [-0.4, -0.2) is 18.6 Å². The Morgan fingerprint density at radius 2 is 2.19 bits per heavy atom. The fraction of sp³-hybridized carbons (Fsp3) is 0.538. The van der Waals surface area contributed by atoms with Crippen molar-refractivity contribution in [1.29, 1.82) is 0 Å². The zero-order chi connectivity index (χ0) is 11.8. The van der Waals surface area contributed by atoms with Gasteiger partial charge in [-0.1, -0.05) is 12.1 Å². The Morgan fingerprint density at radius 1 is 1.38 bits per heavy atom. The number of hydrogen-bond acceptors (Lipinski definition) is 2. The molecule has 16 heavy (non-hydrogen) atoms. The summed E-state index contributed by atoms with van der Waals surface area (Å²) in [6.45, 7) is 3.07. The Balaban J connectivity index is 2.27. The molecule has 0 aliphatic heterocycles. The molecule has 90 valence electrons. The minimum Gasteiger partial charge on any atom is -0.310 e. The van der Waals surface area contributed by atoms with Gasteiger partial charge in [0.2, 0.25) is 0 Å². The minimum atomic E-state index is -0.159. The lowest BCUT2D eigenvalue weighted by Gasteiger charge is -2.14. The van der Waals surface area contributed by atoms with Crippen molar-refractivity contribution >= 4 is 11.8 Å². The van der Waals surface area contributed by atoms with E-state index in [2.05, 4.69) is 18.5 Å². The second-order valence-corrected chi connectivity index (χ2v) is 4.92. The lowest BCUT2D eigenvalue weighted by Crippen LogP contribution is -2.20. The summed E-state index contributed by atoms with van der Waals surface area (Å²) >= 11 is 1.88. The van der Waals surface area contributed by atoms with Crippen LogP contribution in [0.3, 0.4) is 0 Å². The molecule has 0 spiro atoms. The van der Waals surface area contributed by atoms with Crippen molar-refractivity contribution in [3.63, 3.8) is 0 Å². The summed E-state index contributed by atoms with van der Waals surface area (Å²) < 4.78 is 13.0. The number of hydrogen-bond donors (Lipinski definition) is 1. The van der Waals surface area contributed by atoms with Crippen molar-refractivity contribution in [1.82, 2.24) is 5.32 Å². The molecule has 0 aliphatic rings. The van der Waals surface area contributed by atoms with Crippen LogP contribution < -0.4 is 5.32 Å². The van der Waals surface area contributed by atoms with Crippen molar-refractivity contribution in [2.24, 2.45) is 0 Å². The number of benzene rings is 1. The highest BCUT2D eigenvalue weighted by Crippen LogP contribution is 2.13. The largest absolute Gasteiger partial charge is 0.310 e. The number of halogens is 1. The Hall–Kier alpha value is -0.540. The van der Waals surface area contributed by atoms with Crippen LogP contribution in [0.5, 0.6) is 0 Å². The van der Waals surface area contributed by atoms with Gasteiger partial charge in [-0.15, -0.1) is 0 Å². The molecule has 1 aromatic rings. The Morgan fingerprint density at radius 3 is 2.88 bits per heavy atom. The molecule has 3 heteroatoms. The maximum Gasteiger partial charge on any atom is 0.123 e.